The quantitative estimate of drug-likeness (QED) is 0.633. The van der Waals surface area contributed by atoms with E-state index in [1.165, 1.54) is 43.2 Å². The third-order valence-corrected chi connectivity index (χ3v) is 7.69. The first kappa shape index (κ1) is 20.8. The van der Waals surface area contributed by atoms with Crippen LogP contribution in [0, 0.1) is 5.92 Å². The fraction of sp³-hybridized carbons (Fsp3) is 0.500. The summed E-state index contributed by atoms with van der Waals surface area (Å²) in [5, 5.41) is 19.9. The number of rotatable bonds is 4. The van der Waals surface area contributed by atoms with E-state index in [-0.39, 0.29) is 12.5 Å². The van der Waals surface area contributed by atoms with Crippen LogP contribution in [0.2, 0.25) is 0 Å². The molecule has 3 aromatic rings. The molecule has 1 saturated carbocycles. The zero-order valence-electron chi connectivity index (χ0n) is 18.9. The number of nitrogens with zero attached hydrogens (tertiary/aromatic N) is 5. The molecule has 7 nitrogen and oxygen atoms in total. The van der Waals surface area contributed by atoms with E-state index in [4.69, 9.17) is 9.97 Å². The average molecular weight is 446 g/mol. The van der Waals surface area contributed by atoms with Crippen LogP contribution in [-0.2, 0) is 6.42 Å². The van der Waals surface area contributed by atoms with Crippen LogP contribution in [0.1, 0.15) is 50.1 Å². The van der Waals surface area contributed by atoms with Crippen LogP contribution in [-0.4, -0.2) is 56.8 Å². The van der Waals surface area contributed by atoms with Crippen molar-refractivity contribution in [1.29, 1.82) is 0 Å². The summed E-state index contributed by atoms with van der Waals surface area (Å²) in [6.45, 7) is 1.29. The molecule has 0 unspecified atom stereocenters. The number of imidazole rings is 1. The number of benzene rings is 1. The Balaban J connectivity index is 1.36. The summed E-state index contributed by atoms with van der Waals surface area (Å²) in [7, 11) is 0. The summed E-state index contributed by atoms with van der Waals surface area (Å²) in [6, 6.07) is 9.13. The van der Waals surface area contributed by atoms with Gasteiger partial charge >= 0.3 is 0 Å². The molecule has 1 aliphatic carbocycles. The maximum Gasteiger partial charge on any atom is 0.129 e. The molecule has 4 heterocycles. The predicted molar refractivity (Wildman–Crippen MR) is 130 cm³/mol. The second-order valence-electron chi connectivity index (χ2n) is 9.74. The molecule has 2 fully saturated rings. The molecule has 7 heteroatoms. The summed E-state index contributed by atoms with van der Waals surface area (Å²) in [4.78, 5) is 16.6. The molecule has 0 amide bonds. The van der Waals surface area contributed by atoms with E-state index in [1.807, 2.05) is 12.5 Å². The van der Waals surface area contributed by atoms with Crippen molar-refractivity contribution in [1.82, 2.24) is 14.5 Å². The van der Waals surface area contributed by atoms with Gasteiger partial charge < -0.3 is 19.7 Å². The molecule has 2 atom stereocenters. The van der Waals surface area contributed by atoms with Gasteiger partial charge in [-0.05, 0) is 43.0 Å². The van der Waals surface area contributed by atoms with Crippen molar-refractivity contribution in [2.45, 2.75) is 57.1 Å². The van der Waals surface area contributed by atoms with Gasteiger partial charge in [0.2, 0.25) is 0 Å². The molecule has 0 bridgehead atoms. The number of hydrogen-bond acceptors (Lipinski definition) is 6. The SMILES string of the molecule is OC[C@H]1CCN(c2cc3c(c(-c4ccc5c(c4)ncn5C4CCCCC4)n2)N=CC3)C[C@@H]1O. The monoisotopic (exact) mass is 445 g/mol. The Morgan fingerprint density at radius 1 is 1.06 bits per heavy atom. The second kappa shape index (κ2) is 8.54. The minimum Gasteiger partial charge on any atom is -0.396 e. The van der Waals surface area contributed by atoms with E-state index < -0.39 is 6.10 Å². The first-order valence-electron chi connectivity index (χ1n) is 12.3. The van der Waals surface area contributed by atoms with Crippen LogP contribution in [0.25, 0.3) is 22.3 Å². The highest BCUT2D eigenvalue weighted by molar-refractivity contribution is 5.89. The van der Waals surface area contributed by atoms with Gasteiger partial charge in [0.05, 0.1) is 34.8 Å². The van der Waals surface area contributed by atoms with E-state index >= 15 is 0 Å². The number of β-amino-alcohol motifs (C(OH)–C–C–N with tert-alkyl or cyclic N) is 1. The van der Waals surface area contributed by atoms with Crippen LogP contribution in [0.3, 0.4) is 0 Å². The number of aliphatic hydroxyl groups excluding tert-OH is 2. The molecule has 3 aliphatic rings. The van der Waals surface area contributed by atoms with Crippen LogP contribution in [0.5, 0.6) is 0 Å². The molecule has 172 valence electrons. The van der Waals surface area contributed by atoms with Gasteiger partial charge in [-0.3, -0.25) is 4.99 Å². The number of aliphatic hydroxyl groups is 2. The van der Waals surface area contributed by atoms with Gasteiger partial charge in [0.15, 0.2) is 0 Å². The Morgan fingerprint density at radius 2 is 1.94 bits per heavy atom. The molecule has 1 aromatic carbocycles. The summed E-state index contributed by atoms with van der Waals surface area (Å²) in [5.41, 5.74) is 6.21. The number of aliphatic imine (C=N–C) groups is 1. The standard InChI is InChI=1S/C26H31N5O2/c32-15-19-9-11-30(14-23(19)33)24-13-18-8-10-27-25(18)26(29-24)17-6-7-22-21(12-17)28-16-31(22)20-4-2-1-3-5-20/h6-7,10,12-13,16,19-20,23,32-33H,1-5,8-9,11,14-15H2/t19-,23+/m1/s1. The Bertz CT molecular complexity index is 1200. The Morgan fingerprint density at radius 3 is 2.76 bits per heavy atom. The molecule has 2 aromatic heterocycles. The van der Waals surface area contributed by atoms with Crippen molar-refractivity contribution < 1.29 is 10.2 Å². The van der Waals surface area contributed by atoms with Gasteiger partial charge in [0, 0.05) is 49.9 Å². The van der Waals surface area contributed by atoms with E-state index in [2.05, 4.69) is 38.7 Å². The summed E-state index contributed by atoms with van der Waals surface area (Å²) in [5.74, 6) is 0.817. The van der Waals surface area contributed by atoms with Gasteiger partial charge in [-0.1, -0.05) is 25.3 Å². The minimum absolute atomic E-state index is 0.0270. The normalized spacial score (nSPS) is 23.4. The average Bonchev–Trinajstić information content (AvgIpc) is 3.50. The van der Waals surface area contributed by atoms with Crippen molar-refractivity contribution in [3.63, 3.8) is 0 Å². The molecular formula is C26H31N5O2. The number of pyridine rings is 1. The number of hydrogen-bond donors (Lipinski definition) is 2. The number of fused-ring (bicyclic) bond motifs is 2. The molecule has 0 radical (unpaired) electrons. The highest BCUT2D eigenvalue weighted by atomic mass is 16.3. The topological polar surface area (TPSA) is 86.8 Å². The number of aromatic nitrogens is 3. The van der Waals surface area contributed by atoms with Crippen molar-refractivity contribution >= 4 is 28.8 Å². The fourth-order valence-electron chi connectivity index (χ4n) is 5.70. The number of anilines is 1. The van der Waals surface area contributed by atoms with Crippen molar-refractivity contribution in [2.75, 3.05) is 24.6 Å². The van der Waals surface area contributed by atoms with Gasteiger partial charge in [0.25, 0.3) is 0 Å². The first-order chi connectivity index (χ1) is 16.2. The van der Waals surface area contributed by atoms with E-state index in [0.717, 1.165) is 47.7 Å². The minimum atomic E-state index is -0.543. The second-order valence-corrected chi connectivity index (χ2v) is 9.74. The predicted octanol–water partition coefficient (Wildman–Crippen LogP) is 4.04. The Kier molecular flexibility index (Phi) is 5.38. The van der Waals surface area contributed by atoms with Gasteiger partial charge in [-0.2, -0.15) is 0 Å². The lowest BCUT2D eigenvalue weighted by Crippen LogP contribution is -2.45. The van der Waals surface area contributed by atoms with Gasteiger partial charge in [0.1, 0.15) is 5.82 Å². The van der Waals surface area contributed by atoms with E-state index in [1.54, 1.807) is 0 Å². The number of piperidine rings is 1. The largest absolute Gasteiger partial charge is 0.396 e. The first-order valence-corrected chi connectivity index (χ1v) is 12.3. The third kappa shape index (κ3) is 3.73. The van der Waals surface area contributed by atoms with Crippen LogP contribution < -0.4 is 4.90 Å². The highest BCUT2D eigenvalue weighted by Crippen LogP contribution is 2.39. The Labute approximate surface area is 193 Å². The third-order valence-electron chi connectivity index (χ3n) is 7.69. The zero-order chi connectivity index (χ0) is 22.4. The van der Waals surface area contributed by atoms with Crippen LogP contribution in [0.15, 0.2) is 35.6 Å². The lowest BCUT2D eigenvalue weighted by molar-refractivity contribution is 0.0546. The van der Waals surface area contributed by atoms with Crippen LogP contribution >= 0.6 is 0 Å². The van der Waals surface area contributed by atoms with Crippen molar-refractivity contribution in [3.05, 3.63) is 36.2 Å². The maximum absolute atomic E-state index is 10.4. The van der Waals surface area contributed by atoms with Crippen LogP contribution in [0.4, 0.5) is 11.5 Å². The van der Waals surface area contributed by atoms with Crippen molar-refractivity contribution in [3.8, 4) is 11.3 Å². The smallest absolute Gasteiger partial charge is 0.129 e. The van der Waals surface area contributed by atoms with E-state index in [0.29, 0.717) is 12.6 Å². The summed E-state index contributed by atoms with van der Waals surface area (Å²) >= 11 is 0. The molecule has 2 N–H and O–H groups in total. The lowest BCUT2D eigenvalue weighted by Gasteiger charge is -2.36. The summed E-state index contributed by atoms with van der Waals surface area (Å²) in [6.07, 6.45) is 11.4. The van der Waals surface area contributed by atoms with Gasteiger partial charge in [-0.25, -0.2) is 9.97 Å². The molecular weight excluding hydrogens is 414 g/mol. The Hall–Kier alpha value is -2.77. The molecule has 1 saturated heterocycles. The maximum atomic E-state index is 10.4. The molecule has 0 spiro atoms. The molecule has 33 heavy (non-hydrogen) atoms. The fourth-order valence-corrected chi connectivity index (χ4v) is 5.70. The molecule has 2 aliphatic heterocycles. The van der Waals surface area contributed by atoms with Gasteiger partial charge in [-0.15, -0.1) is 0 Å². The van der Waals surface area contributed by atoms with E-state index in [9.17, 15) is 10.2 Å². The summed E-state index contributed by atoms with van der Waals surface area (Å²) < 4.78 is 2.36. The zero-order valence-corrected chi connectivity index (χ0v) is 18.9. The van der Waals surface area contributed by atoms with Crippen molar-refractivity contribution in [2.24, 2.45) is 10.9 Å². The highest BCUT2D eigenvalue weighted by Gasteiger charge is 2.29. The lowest BCUT2D eigenvalue weighted by atomic mass is 9.94. The molecule has 6 rings (SSSR count).